The van der Waals surface area contributed by atoms with E-state index in [9.17, 15) is 32.7 Å². The first-order valence-electron chi connectivity index (χ1n) is 22.6. The number of allylic oxidation sites excluding steroid dienone is 4. The number of fused-ring (bicyclic) bond motifs is 5. The zero-order valence-corrected chi connectivity index (χ0v) is 41.0. The van der Waals surface area contributed by atoms with Crippen LogP contribution in [0.1, 0.15) is 77.8 Å². The minimum atomic E-state index is -4.35. The third kappa shape index (κ3) is 7.96. The molecule has 10 rings (SSSR count). The van der Waals surface area contributed by atoms with E-state index >= 15 is 0 Å². The predicted octanol–water partition coefficient (Wildman–Crippen LogP) is 9.59. The molecule has 0 bridgehead atoms. The molecule has 4 aliphatic carbocycles. The van der Waals surface area contributed by atoms with Gasteiger partial charge in [0.05, 0.1) is 53.0 Å². The van der Waals surface area contributed by atoms with Crippen LogP contribution in [0.15, 0.2) is 98.7 Å². The Morgan fingerprint density at radius 1 is 0.925 bits per heavy atom. The zero-order valence-electron chi connectivity index (χ0n) is 38.6. The minimum absolute atomic E-state index is 0. The number of β-amino-alcohol motifs (C(OH)–C–C–N with tert-alkyl or cyclic N) is 1. The van der Waals surface area contributed by atoms with E-state index in [-0.39, 0.29) is 55.0 Å². The molecule has 1 aromatic heterocycles. The molecule has 3 aromatic rings. The number of furan rings is 1. The summed E-state index contributed by atoms with van der Waals surface area (Å²) in [5.74, 6) is -1.84. The number of hydrogen-bond donors (Lipinski definition) is 2. The van der Waals surface area contributed by atoms with Gasteiger partial charge in [0.2, 0.25) is 5.78 Å². The molecule has 1 spiro atoms. The summed E-state index contributed by atoms with van der Waals surface area (Å²) in [6.07, 6.45) is 3.69. The first-order chi connectivity index (χ1) is 30.7. The number of piperazine rings is 1. The number of epoxide rings is 1. The lowest BCUT2D eigenvalue weighted by molar-refractivity contribution is -0.200. The molecule has 2 saturated carbocycles. The number of anilines is 2. The molecule has 8 unspecified atom stereocenters. The van der Waals surface area contributed by atoms with Gasteiger partial charge in [-0.2, -0.15) is 13.2 Å². The maximum atomic E-state index is 14.3. The minimum Gasteiger partial charge on any atom is -0.504 e. The van der Waals surface area contributed by atoms with Crippen LogP contribution in [0.2, 0.25) is 0 Å². The van der Waals surface area contributed by atoms with Crippen LogP contribution in [0.3, 0.4) is 0 Å². The van der Waals surface area contributed by atoms with Gasteiger partial charge in [0.25, 0.3) is 0 Å². The second-order valence-electron chi connectivity index (χ2n) is 20.0. The van der Waals surface area contributed by atoms with Crippen LogP contribution in [0.5, 0.6) is 0 Å². The molecule has 8 atom stereocenters. The molecule has 0 amide bonds. The van der Waals surface area contributed by atoms with Crippen LogP contribution in [-0.2, 0) is 30.0 Å². The van der Waals surface area contributed by atoms with Crippen LogP contribution in [0.4, 0.5) is 24.5 Å². The second-order valence-corrected chi connectivity index (χ2v) is 21.0. The molecule has 17 heteroatoms. The van der Waals surface area contributed by atoms with Crippen LogP contribution >= 0.6 is 36.6 Å². The standard InChI is InChI=1S/C28H32O7.C22H26F3N3OS.2ClH/c1-14(29)34-17-12-26(5)16(15-8-10-33-13-15)11-19-28(26,35-19)27(6)21(17)25(4)9-7-18(30)24(2,3)22(25)20(31)23(27)32;23-22(24,25)17-6-7-21-19(16-17)28(18-4-1-2-5-20(18)30-21)9-3-8-26-10-12-27(13-11-26)14-15-29;;/h7-10,13,16-17,19,21,31H,11-12H2,1-6H3;1-2,4-7,16,29H,3,8-15H2;2*1H. The fourth-order valence-electron chi connectivity index (χ4n) is 13.3. The molecular formula is C50H60Cl2F3N3O8S. The van der Waals surface area contributed by atoms with Gasteiger partial charge in [0.15, 0.2) is 11.5 Å². The molecule has 364 valence electrons. The average Bonchev–Trinajstić information content (AvgIpc) is 3.62. The fourth-order valence-corrected chi connectivity index (χ4v) is 14.4. The van der Waals surface area contributed by atoms with Crippen molar-refractivity contribution >= 4 is 65.5 Å². The molecule has 2 aromatic carbocycles. The lowest BCUT2D eigenvalue weighted by Gasteiger charge is -2.64. The highest BCUT2D eigenvalue weighted by Crippen LogP contribution is 2.81. The molecule has 2 saturated heterocycles. The van der Waals surface area contributed by atoms with E-state index in [2.05, 4.69) is 16.7 Å². The van der Waals surface area contributed by atoms with E-state index in [1.807, 2.05) is 49.1 Å². The van der Waals surface area contributed by atoms with Gasteiger partial charge in [0, 0.05) is 72.7 Å². The number of aliphatic hydroxyl groups excluding tert-OH is 2. The van der Waals surface area contributed by atoms with Crippen molar-refractivity contribution in [2.45, 2.75) is 100 Å². The zero-order chi connectivity index (χ0) is 46.5. The number of nitrogens with zero attached hydrogens (tertiary/aromatic N) is 3. The van der Waals surface area contributed by atoms with Crippen molar-refractivity contribution in [3.63, 3.8) is 0 Å². The summed E-state index contributed by atoms with van der Waals surface area (Å²) in [4.78, 5) is 48.2. The number of esters is 1. The summed E-state index contributed by atoms with van der Waals surface area (Å²) in [5, 5.41) is 20.6. The summed E-state index contributed by atoms with van der Waals surface area (Å²) in [5.41, 5.74) is -2.05. The van der Waals surface area contributed by atoms with Crippen LogP contribution in [-0.4, -0.2) is 108 Å². The largest absolute Gasteiger partial charge is 0.504 e. The van der Waals surface area contributed by atoms with Crippen LogP contribution in [0, 0.1) is 27.6 Å². The first kappa shape index (κ1) is 51.0. The Kier molecular flexibility index (Phi) is 13.8. The van der Waals surface area contributed by atoms with E-state index in [1.54, 1.807) is 44.6 Å². The Morgan fingerprint density at radius 3 is 2.24 bits per heavy atom. The number of ketones is 2. The molecule has 11 nitrogen and oxygen atoms in total. The number of ether oxygens (including phenoxy) is 2. The highest BCUT2D eigenvalue weighted by atomic mass is 35.5. The van der Waals surface area contributed by atoms with E-state index in [1.165, 1.54) is 30.8 Å². The molecule has 2 N–H and O–H groups in total. The topological polar surface area (TPSA) is 136 Å². The van der Waals surface area contributed by atoms with Crippen molar-refractivity contribution in [1.29, 1.82) is 0 Å². The molecule has 67 heavy (non-hydrogen) atoms. The monoisotopic (exact) mass is 989 g/mol. The van der Waals surface area contributed by atoms with Crippen LogP contribution in [0.25, 0.3) is 0 Å². The molecular weight excluding hydrogens is 931 g/mol. The van der Waals surface area contributed by atoms with E-state index in [0.717, 1.165) is 60.2 Å². The summed E-state index contributed by atoms with van der Waals surface area (Å²) in [7, 11) is 0. The Bertz CT molecular complexity index is 2460. The Hall–Kier alpha value is -3.83. The summed E-state index contributed by atoms with van der Waals surface area (Å²) >= 11 is 1.53. The smallest absolute Gasteiger partial charge is 0.416 e. The van der Waals surface area contributed by atoms with Crippen molar-refractivity contribution in [2.24, 2.45) is 27.6 Å². The second kappa shape index (κ2) is 18.2. The maximum absolute atomic E-state index is 14.3. The lowest BCUT2D eigenvalue weighted by atomic mass is 9.38. The Labute approximate surface area is 406 Å². The van der Waals surface area contributed by atoms with Crippen molar-refractivity contribution in [2.75, 3.05) is 57.3 Å². The number of alkyl halides is 3. The maximum Gasteiger partial charge on any atom is 0.416 e. The quantitative estimate of drug-likeness (QED) is 0.164. The average molecular weight is 991 g/mol. The van der Waals surface area contributed by atoms with E-state index in [0.29, 0.717) is 37.2 Å². The normalized spacial score (nSPS) is 32.5. The molecule has 0 radical (unpaired) electrons. The van der Waals surface area contributed by atoms with Gasteiger partial charge in [-0.1, -0.05) is 43.8 Å². The fraction of sp³-hybridized carbons (Fsp3) is 0.540. The Balaban J connectivity index is 0.000000195. The number of Topliss-reactive ketones (excluding diaryl/α,β-unsaturated/α-hetero) is 1. The number of hydrogen-bond acceptors (Lipinski definition) is 12. The number of carbonyl (C=O) groups is 3. The summed E-state index contributed by atoms with van der Waals surface area (Å²) in [6, 6.07) is 13.9. The van der Waals surface area contributed by atoms with Crippen molar-refractivity contribution < 1.29 is 51.7 Å². The van der Waals surface area contributed by atoms with Gasteiger partial charge >= 0.3 is 12.1 Å². The number of benzene rings is 2. The summed E-state index contributed by atoms with van der Waals surface area (Å²) in [6.45, 7) is 17.1. The highest BCUT2D eigenvalue weighted by molar-refractivity contribution is 7.99. The molecule has 4 heterocycles. The lowest BCUT2D eigenvalue weighted by Crippen LogP contribution is -2.70. The number of halogens is 5. The third-order valence-corrected chi connectivity index (χ3v) is 17.2. The molecule has 7 aliphatic rings. The van der Waals surface area contributed by atoms with Crippen molar-refractivity contribution in [1.82, 2.24) is 9.80 Å². The molecule has 3 aliphatic heterocycles. The van der Waals surface area contributed by atoms with Gasteiger partial charge in [-0.3, -0.25) is 19.3 Å². The number of rotatable bonds is 8. The first-order valence-corrected chi connectivity index (χ1v) is 23.4. The number of carbonyl (C=O) groups excluding carboxylic acids is 3. The van der Waals surface area contributed by atoms with E-state index in [4.69, 9.17) is 19.0 Å². The van der Waals surface area contributed by atoms with Gasteiger partial charge in [-0.25, -0.2) is 0 Å². The van der Waals surface area contributed by atoms with Crippen molar-refractivity contribution in [3.8, 4) is 0 Å². The van der Waals surface area contributed by atoms with Crippen LogP contribution < -0.4 is 4.90 Å². The summed E-state index contributed by atoms with van der Waals surface area (Å²) < 4.78 is 57.9. The SMILES string of the molecule is CC(=O)OC1CC2(C)C(c3ccoc3)CC3OC32C2(C)C(=O)C(O)=C3C(C)(C)C(=O)C=CC3(C)C12.Cl.Cl.OCCN1CCN(CCCN2c3ccccc3Sc3ccc(C(F)(F)F)cc32)CC1. The van der Waals surface area contributed by atoms with E-state index < -0.39 is 62.8 Å². The highest BCUT2D eigenvalue weighted by Gasteiger charge is 2.89. The number of para-hydroxylation sites is 1. The van der Waals surface area contributed by atoms with Crippen molar-refractivity contribution in [3.05, 3.63) is 95.7 Å². The van der Waals surface area contributed by atoms with Gasteiger partial charge in [0.1, 0.15) is 11.7 Å². The predicted molar refractivity (Wildman–Crippen MR) is 252 cm³/mol. The third-order valence-electron chi connectivity index (χ3n) is 16.1. The molecule has 4 fully saturated rings. The number of aliphatic hydroxyl groups is 2. The van der Waals surface area contributed by atoms with Gasteiger partial charge < -0.3 is 33.9 Å². The van der Waals surface area contributed by atoms with Gasteiger partial charge in [-0.05, 0) is 106 Å². The Morgan fingerprint density at radius 2 is 1.60 bits per heavy atom. The van der Waals surface area contributed by atoms with Gasteiger partial charge in [-0.15, -0.1) is 24.8 Å².